The van der Waals surface area contributed by atoms with E-state index in [-0.39, 0.29) is 17.9 Å². The Morgan fingerprint density at radius 2 is 1.57 bits per heavy atom. The van der Waals surface area contributed by atoms with Gasteiger partial charge in [-0.05, 0) is 41.5 Å². The lowest BCUT2D eigenvalue weighted by Crippen LogP contribution is -2.21. The van der Waals surface area contributed by atoms with Crippen molar-refractivity contribution in [1.82, 2.24) is 0 Å². The number of carbonyl (C=O) groups is 1. The number of anilines is 1. The van der Waals surface area contributed by atoms with E-state index in [9.17, 15) is 4.79 Å². The Labute approximate surface area is 175 Å². The van der Waals surface area contributed by atoms with Crippen LogP contribution in [0.3, 0.4) is 0 Å². The molecule has 0 spiro atoms. The third kappa shape index (κ3) is 4.86. The fourth-order valence-electron chi connectivity index (χ4n) is 2.92. The lowest BCUT2D eigenvalue weighted by molar-refractivity contribution is -0.118. The van der Waals surface area contributed by atoms with Crippen LogP contribution >= 0.6 is 23.2 Å². The van der Waals surface area contributed by atoms with E-state index in [0.717, 1.165) is 0 Å². The average molecular weight is 414 g/mol. The Bertz CT molecular complexity index is 954. The molecule has 3 aromatic rings. The van der Waals surface area contributed by atoms with Gasteiger partial charge in [-0.25, -0.2) is 0 Å². The van der Waals surface area contributed by atoms with Crippen LogP contribution in [0.4, 0.5) is 5.69 Å². The van der Waals surface area contributed by atoms with Gasteiger partial charge in [0.15, 0.2) is 6.61 Å². The maximum absolute atomic E-state index is 12.1. The second-order valence-corrected chi connectivity index (χ2v) is 7.82. The topological polar surface area (TPSA) is 38.3 Å². The molecular weight excluding hydrogens is 393 g/mol. The summed E-state index contributed by atoms with van der Waals surface area (Å²) >= 11 is 12.0. The van der Waals surface area contributed by atoms with Gasteiger partial charge in [-0.3, -0.25) is 4.79 Å². The number of hydrogen-bond donors (Lipinski definition) is 1. The molecule has 0 aliphatic heterocycles. The van der Waals surface area contributed by atoms with E-state index < -0.39 is 0 Å². The number of amides is 1. The number of hydrogen-bond acceptors (Lipinski definition) is 2. The van der Waals surface area contributed by atoms with Crippen molar-refractivity contribution < 1.29 is 9.53 Å². The average Bonchev–Trinajstić information content (AvgIpc) is 2.70. The monoisotopic (exact) mass is 413 g/mol. The maximum Gasteiger partial charge on any atom is 0.262 e. The minimum atomic E-state index is -0.308. The number of benzene rings is 3. The van der Waals surface area contributed by atoms with Crippen molar-refractivity contribution in [3.05, 3.63) is 94.0 Å². The zero-order chi connectivity index (χ0) is 20.1. The SMILES string of the molecule is CC(C)(c1ccccc1)c1ccc(OCC(=O)Nc2cc(Cl)ccc2Cl)cc1. The van der Waals surface area contributed by atoms with Crippen LogP contribution in [0.1, 0.15) is 25.0 Å². The van der Waals surface area contributed by atoms with Crippen molar-refractivity contribution >= 4 is 34.8 Å². The summed E-state index contributed by atoms with van der Waals surface area (Å²) in [7, 11) is 0. The Hall–Kier alpha value is -2.49. The summed E-state index contributed by atoms with van der Waals surface area (Å²) in [5, 5.41) is 3.62. The zero-order valence-electron chi connectivity index (χ0n) is 15.7. The number of ether oxygens (including phenoxy) is 1. The van der Waals surface area contributed by atoms with Gasteiger partial charge in [0.2, 0.25) is 0 Å². The quantitative estimate of drug-likeness (QED) is 0.511. The molecule has 3 rings (SSSR count). The highest BCUT2D eigenvalue weighted by Crippen LogP contribution is 2.32. The largest absolute Gasteiger partial charge is 0.484 e. The highest BCUT2D eigenvalue weighted by atomic mass is 35.5. The number of carbonyl (C=O) groups excluding carboxylic acids is 1. The van der Waals surface area contributed by atoms with Gasteiger partial charge in [0.25, 0.3) is 5.91 Å². The standard InChI is InChI=1S/C23H21Cl2NO2/c1-23(2,16-6-4-3-5-7-16)17-8-11-19(12-9-17)28-15-22(27)26-21-14-18(24)10-13-20(21)25/h3-14H,15H2,1-2H3,(H,26,27). The van der Waals surface area contributed by atoms with E-state index in [0.29, 0.717) is 21.5 Å². The molecule has 0 saturated carbocycles. The van der Waals surface area contributed by atoms with Crippen molar-refractivity contribution in [2.24, 2.45) is 0 Å². The number of nitrogens with one attached hydrogen (secondary N) is 1. The highest BCUT2D eigenvalue weighted by molar-refractivity contribution is 6.35. The van der Waals surface area contributed by atoms with E-state index in [1.165, 1.54) is 11.1 Å². The van der Waals surface area contributed by atoms with Crippen LogP contribution in [-0.4, -0.2) is 12.5 Å². The van der Waals surface area contributed by atoms with Gasteiger partial charge in [0.05, 0.1) is 10.7 Å². The van der Waals surface area contributed by atoms with Crippen LogP contribution in [0.2, 0.25) is 10.0 Å². The van der Waals surface area contributed by atoms with Crippen LogP contribution in [0.25, 0.3) is 0 Å². The number of rotatable bonds is 6. The molecule has 1 amide bonds. The van der Waals surface area contributed by atoms with Crippen LogP contribution in [0.5, 0.6) is 5.75 Å². The molecule has 1 N–H and O–H groups in total. The molecule has 0 aromatic heterocycles. The molecule has 0 unspecified atom stereocenters. The lowest BCUT2D eigenvalue weighted by atomic mass is 9.78. The van der Waals surface area contributed by atoms with Crippen molar-refractivity contribution in [1.29, 1.82) is 0 Å². The van der Waals surface area contributed by atoms with Gasteiger partial charge in [-0.2, -0.15) is 0 Å². The first kappa shape index (κ1) is 20.2. The van der Waals surface area contributed by atoms with E-state index in [1.807, 2.05) is 42.5 Å². The molecule has 144 valence electrons. The summed E-state index contributed by atoms with van der Waals surface area (Å²) < 4.78 is 5.60. The highest BCUT2D eigenvalue weighted by Gasteiger charge is 2.22. The van der Waals surface area contributed by atoms with Crippen LogP contribution in [0.15, 0.2) is 72.8 Å². The van der Waals surface area contributed by atoms with E-state index in [2.05, 4.69) is 31.3 Å². The molecule has 0 atom stereocenters. The van der Waals surface area contributed by atoms with Crippen LogP contribution in [-0.2, 0) is 10.2 Å². The third-order valence-electron chi connectivity index (χ3n) is 4.64. The van der Waals surface area contributed by atoms with Gasteiger partial charge in [0, 0.05) is 10.4 Å². The molecule has 0 aliphatic rings. The van der Waals surface area contributed by atoms with Crippen LogP contribution in [0, 0.1) is 0 Å². The van der Waals surface area contributed by atoms with Gasteiger partial charge in [-0.1, -0.05) is 79.5 Å². The smallest absolute Gasteiger partial charge is 0.262 e. The Balaban J connectivity index is 1.61. The van der Waals surface area contributed by atoms with Crippen molar-refractivity contribution in [2.75, 3.05) is 11.9 Å². The maximum atomic E-state index is 12.1. The summed E-state index contributed by atoms with van der Waals surface area (Å²) in [4.78, 5) is 12.1. The summed E-state index contributed by atoms with van der Waals surface area (Å²) in [5.74, 6) is 0.317. The lowest BCUT2D eigenvalue weighted by Gasteiger charge is -2.26. The second-order valence-electron chi connectivity index (χ2n) is 6.98. The predicted octanol–water partition coefficient (Wildman–Crippen LogP) is 6.34. The minimum Gasteiger partial charge on any atom is -0.484 e. The van der Waals surface area contributed by atoms with E-state index >= 15 is 0 Å². The molecule has 0 bridgehead atoms. The Morgan fingerprint density at radius 3 is 2.25 bits per heavy atom. The summed E-state index contributed by atoms with van der Waals surface area (Å²) in [6.45, 7) is 4.24. The molecule has 0 aliphatic carbocycles. The van der Waals surface area contributed by atoms with Crippen molar-refractivity contribution in [3.8, 4) is 5.75 Å². The molecular formula is C23H21Cl2NO2. The molecule has 0 fully saturated rings. The minimum absolute atomic E-state index is 0.121. The molecule has 3 aromatic carbocycles. The van der Waals surface area contributed by atoms with Crippen molar-refractivity contribution in [2.45, 2.75) is 19.3 Å². The molecule has 0 radical (unpaired) electrons. The van der Waals surface area contributed by atoms with Crippen molar-refractivity contribution in [3.63, 3.8) is 0 Å². The first-order valence-electron chi connectivity index (χ1n) is 8.90. The first-order chi connectivity index (χ1) is 13.4. The summed E-state index contributed by atoms with van der Waals surface area (Å²) in [6, 6.07) is 23.0. The van der Waals surface area contributed by atoms with Gasteiger partial charge in [-0.15, -0.1) is 0 Å². The third-order valence-corrected chi connectivity index (χ3v) is 5.21. The molecule has 5 heteroatoms. The molecule has 28 heavy (non-hydrogen) atoms. The fourth-order valence-corrected chi connectivity index (χ4v) is 3.25. The summed E-state index contributed by atoms with van der Waals surface area (Å²) in [6.07, 6.45) is 0. The second kappa shape index (κ2) is 8.68. The van der Waals surface area contributed by atoms with Gasteiger partial charge in [0.1, 0.15) is 5.75 Å². The molecule has 0 heterocycles. The van der Waals surface area contributed by atoms with Crippen LogP contribution < -0.4 is 10.1 Å². The fraction of sp³-hybridized carbons (Fsp3) is 0.174. The normalized spacial score (nSPS) is 11.1. The van der Waals surface area contributed by atoms with Gasteiger partial charge >= 0.3 is 0 Å². The number of halogens is 2. The predicted molar refractivity (Wildman–Crippen MR) is 116 cm³/mol. The Kier molecular flexibility index (Phi) is 6.28. The first-order valence-corrected chi connectivity index (χ1v) is 9.65. The van der Waals surface area contributed by atoms with E-state index in [1.54, 1.807) is 18.2 Å². The molecule has 3 nitrogen and oxygen atoms in total. The van der Waals surface area contributed by atoms with Gasteiger partial charge < -0.3 is 10.1 Å². The summed E-state index contributed by atoms with van der Waals surface area (Å²) in [5.41, 5.74) is 2.74. The zero-order valence-corrected chi connectivity index (χ0v) is 17.2. The Morgan fingerprint density at radius 1 is 0.929 bits per heavy atom. The molecule has 0 saturated heterocycles. The van der Waals surface area contributed by atoms with E-state index in [4.69, 9.17) is 27.9 Å².